The van der Waals surface area contributed by atoms with Gasteiger partial charge in [-0.3, -0.25) is 4.79 Å². The predicted octanol–water partition coefficient (Wildman–Crippen LogP) is 6.91. The van der Waals surface area contributed by atoms with Crippen LogP contribution in [0, 0.1) is 22.6 Å². The minimum Gasteiger partial charge on any atom is -0.463 e. The van der Waals surface area contributed by atoms with Crippen LogP contribution in [0.1, 0.15) is 32.1 Å². The number of carbonyl (C=O) groups excluding carboxylic acids is 1. The zero-order valence-electron chi connectivity index (χ0n) is 26.2. The van der Waals surface area contributed by atoms with Crippen molar-refractivity contribution in [1.82, 2.24) is 19.8 Å². The Hall–Kier alpha value is -4.33. The Kier molecular flexibility index (Phi) is 8.23. The molecule has 2 aliphatic heterocycles. The summed E-state index contributed by atoms with van der Waals surface area (Å²) in [6, 6.07) is 16.7. The van der Waals surface area contributed by atoms with E-state index in [4.69, 9.17) is 21.3 Å². The fourth-order valence-corrected chi connectivity index (χ4v) is 8.30. The average Bonchev–Trinajstić information content (AvgIpc) is 3.63. The molecule has 1 aromatic heterocycles. The molecule has 3 atom stereocenters. The van der Waals surface area contributed by atoms with Crippen LogP contribution < -0.4 is 9.64 Å². The molecule has 1 saturated carbocycles. The van der Waals surface area contributed by atoms with E-state index in [0.29, 0.717) is 40.0 Å². The summed E-state index contributed by atoms with van der Waals surface area (Å²) in [6.45, 7) is 5.19. The first-order valence-corrected chi connectivity index (χ1v) is 16.4. The fraction of sp³-hybridized carbons (Fsp3) is 0.389. The molecular formula is C36H35ClF2N6O2. The summed E-state index contributed by atoms with van der Waals surface area (Å²) in [4.78, 5) is 27.7. The van der Waals surface area contributed by atoms with Gasteiger partial charge in [-0.1, -0.05) is 61.0 Å². The maximum Gasteiger partial charge on any atom is 0.319 e. The van der Waals surface area contributed by atoms with E-state index < -0.39 is 23.6 Å². The molecule has 8 nitrogen and oxygen atoms in total. The second-order valence-corrected chi connectivity index (χ2v) is 13.4. The van der Waals surface area contributed by atoms with E-state index in [1.807, 2.05) is 35.2 Å². The van der Waals surface area contributed by atoms with Crippen molar-refractivity contribution >= 4 is 45.0 Å². The number of amides is 1. The van der Waals surface area contributed by atoms with E-state index in [-0.39, 0.29) is 43.0 Å². The van der Waals surface area contributed by atoms with Gasteiger partial charge in [0, 0.05) is 52.4 Å². The summed E-state index contributed by atoms with van der Waals surface area (Å²) in [7, 11) is 2.15. The second kappa shape index (κ2) is 12.4. The highest BCUT2D eigenvalue weighted by atomic mass is 35.5. The minimum atomic E-state index is -1.07. The molecule has 0 N–H and O–H groups in total. The molecule has 3 heterocycles. The predicted molar refractivity (Wildman–Crippen MR) is 178 cm³/mol. The van der Waals surface area contributed by atoms with E-state index >= 15 is 4.39 Å². The zero-order chi connectivity index (χ0) is 32.9. The van der Waals surface area contributed by atoms with E-state index in [1.165, 1.54) is 4.90 Å². The summed E-state index contributed by atoms with van der Waals surface area (Å²) in [5.74, 6) is -2.01. The van der Waals surface area contributed by atoms with E-state index in [9.17, 15) is 14.4 Å². The first-order chi connectivity index (χ1) is 22.7. The van der Waals surface area contributed by atoms with E-state index in [1.54, 1.807) is 18.2 Å². The molecule has 11 heteroatoms. The van der Waals surface area contributed by atoms with Crippen molar-refractivity contribution in [3.05, 3.63) is 71.8 Å². The number of nitriles is 1. The Morgan fingerprint density at radius 3 is 2.72 bits per heavy atom. The summed E-state index contributed by atoms with van der Waals surface area (Å²) >= 11 is 6.63. The van der Waals surface area contributed by atoms with Gasteiger partial charge in [-0.05, 0) is 55.9 Å². The molecule has 3 fully saturated rings. The Bertz CT molecular complexity index is 1940. The minimum absolute atomic E-state index is 0.00797. The van der Waals surface area contributed by atoms with Crippen molar-refractivity contribution in [2.75, 3.05) is 44.7 Å². The number of rotatable bonds is 7. The number of benzene rings is 3. The van der Waals surface area contributed by atoms with Gasteiger partial charge in [0.15, 0.2) is 11.6 Å². The Morgan fingerprint density at radius 2 is 1.94 bits per heavy atom. The van der Waals surface area contributed by atoms with Crippen molar-refractivity contribution in [3.63, 3.8) is 0 Å². The molecule has 2 saturated heterocycles. The number of aromatic nitrogens is 2. The first kappa shape index (κ1) is 31.3. The molecule has 1 amide bonds. The molecule has 3 aromatic carbocycles. The van der Waals surface area contributed by atoms with Gasteiger partial charge in [-0.2, -0.15) is 15.2 Å². The lowest BCUT2D eigenvalue weighted by molar-refractivity contribution is -0.131. The number of fused-ring (bicyclic) bond motifs is 3. The number of ether oxygens (including phenoxy) is 1. The molecule has 7 rings (SSSR count). The van der Waals surface area contributed by atoms with Gasteiger partial charge in [-0.25, -0.2) is 8.78 Å². The Morgan fingerprint density at radius 1 is 1.13 bits per heavy atom. The summed E-state index contributed by atoms with van der Waals surface area (Å²) < 4.78 is 37.1. The van der Waals surface area contributed by atoms with Crippen LogP contribution in [-0.4, -0.2) is 77.6 Å². The van der Waals surface area contributed by atoms with E-state index in [2.05, 4.69) is 29.6 Å². The van der Waals surface area contributed by atoms with Crippen LogP contribution in [0.3, 0.4) is 0 Å². The molecule has 0 spiro atoms. The quantitative estimate of drug-likeness (QED) is 0.200. The van der Waals surface area contributed by atoms with Gasteiger partial charge in [-0.15, -0.1) is 0 Å². The molecule has 0 radical (unpaired) electrons. The smallest absolute Gasteiger partial charge is 0.319 e. The van der Waals surface area contributed by atoms with Crippen LogP contribution in [-0.2, 0) is 4.79 Å². The number of carbonyl (C=O) groups is 1. The summed E-state index contributed by atoms with van der Waals surface area (Å²) in [5.41, 5.74) is 1.08. The third-order valence-electron chi connectivity index (χ3n) is 10.4. The lowest BCUT2D eigenvalue weighted by Gasteiger charge is -2.41. The normalized spacial score (nSPS) is 22.9. The highest BCUT2D eigenvalue weighted by molar-refractivity contribution is 6.36. The van der Waals surface area contributed by atoms with Gasteiger partial charge in [0.2, 0.25) is 0 Å². The van der Waals surface area contributed by atoms with Crippen LogP contribution in [0.5, 0.6) is 6.01 Å². The highest BCUT2D eigenvalue weighted by Crippen LogP contribution is 2.48. The molecule has 47 heavy (non-hydrogen) atoms. The summed E-state index contributed by atoms with van der Waals surface area (Å²) in [6.07, 6.45) is 4.29. The number of halogens is 3. The third kappa shape index (κ3) is 5.45. The number of anilines is 1. The Balaban J connectivity index is 1.33. The maximum atomic E-state index is 16.8. The second-order valence-electron chi connectivity index (χ2n) is 13.0. The Labute approximate surface area is 277 Å². The molecule has 3 aliphatic rings. The summed E-state index contributed by atoms with van der Waals surface area (Å²) in [5, 5.41) is 12.2. The maximum absolute atomic E-state index is 16.8. The lowest BCUT2D eigenvalue weighted by atomic mass is 9.83. The van der Waals surface area contributed by atoms with E-state index in [0.717, 1.165) is 43.0 Å². The lowest BCUT2D eigenvalue weighted by Crippen LogP contribution is -2.55. The van der Waals surface area contributed by atoms with Crippen LogP contribution in [0.15, 0.2) is 60.9 Å². The number of nitrogens with zero attached hydrogens (tertiary/aromatic N) is 6. The van der Waals surface area contributed by atoms with Gasteiger partial charge in [0.1, 0.15) is 11.3 Å². The van der Waals surface area contributed by atoms with Crippen molar-refractivity contribution in [3.8, 4) is 23.2 Å². The highest BCUT2D eigenvalue weighted by Gasteiger charge is 2.49. The topological polar surface area (TPSA) is 85.6 Å². The SMILES string of the molecule is C=C(F)C(=O)N1CCN(c2nc(OCC34CCCC3N(C)CC4)nc3c(F)c(-c4cccc5cccc(Cl)c45)ccc23)C[C@@H]1CC#N. The zero-order valence-corrected chi connectivity index (χ0v) is 26.9. The van der Waals surface area contributed by atoms with Crippen molar-refractivity contribution < 1.29 is 18.3 Å². The van der Waals surface area contributed by atoms with Gasteiger partial charge >= 0.3 is 6.01 Å². The molecule has 0 bridgehead atoms. The van der Waals surface area contributed by atoms with Crippen LogP contribution in [0.2, 0.25) is 5.02 Å². The van der Waals surface area contributed by atoms with Gasteiger partial charge in [0.25, 0.3) is 5.91 Å². The van der Waals surface area contributed by atoms with Crippen LogP contribution in [0.25, 0.3) is 32.8 Å². The van der Waals surface area contributed by atoms with Crippen LogP contribution >= 0.6 is 11.6 Å². The number of hydrogen-bond donors (Lipinski definition) is 0. The van der Waals surface area contributed by atoms with Gasteiger partial charge in [0.05, 0.1) is 25.1 Å². The van der Waals surface area contributed by atoms with Crippen molar-refractivity contribution in [2.45, 2.75) is 44.2 Å². The fourth-order valence-electron chi connectivity index (χ4n) is 8.01. The standard InChI is InChI=1S/C36H35ClF2N6O2/c1-22(38)34(46)45-19-18-44(20-24(45)13-16-40)33-27-12-11-26(25-8-3-6-23-7-4-9-28(37)30(23)25)31(39)32(27)41-35(42-33)47-21-36-14-5-10-29(36)43(2)17-15-36/h3-4,6-9,11-12,24,29H,1,5,10,13-15,17-21H2,2H3/t24-,29?,36?/m0/s1. The number of hydrogen-bond acceptors (Lipinski definition) is 7. The van der Waals surface area contributed by atoms with Gasteiger partial charge < -0.3 is 19.4 Å². The number of likely N-dealkylation sites (tertiary alicyclic amines) is 1. The van der Waals surface area contributed by atoms with Crippen molar-refractivity contribution in [1.29, 1.82) is 5.26 Å². The molecule has 1 aliphatic carbocycles. The van der Waals surface area contributed by atoms with Crippen molar-refractivity contribution in [2.24, 2.45) is 5.41 Å². The molecule has 242 valence electrons. The average molecular weight is 657 g/mol. The largest absolute Gasteiger partial charge is 0.463 e. The monoisotopic (exact) mass is 656 g/mol. The van der Waals surface area contributed by atoms with Crippen LogP contribution in [0.4, 0.5) is 14.6 Å². The molecular weight excluding hydrogens is 622 g/mol. The molecule has 2 unspecified atom stereocenters. The molecule has 4 aromatic rings. The number of piperazine rings is 1. The third-order valence-corrected chi connectivity index (χ3v) is 10.7. The first-order valence-electron chi connectivity index (χ1n) is 16.0.